The fourth-order valence-corrected chi connectivity index (χ4v) is 6.18. The zero-order valence-corrected chi connectivity index (χ0v) is 15.7. The fourth-order valence-electron chi connectivity index (χ4n) is 4.11. The van der Waals surface area contributed by atoms with Crippen molar-refractivity contribution in [2.75, 3.05) is 16.4 Å². The van der Waals surface area contributed by atoms with Crippen LogP contribution in [0, 0.1) is 5.92 Å². The Kier molecular flexibility index (Phi) is 4.82. The summed E-state index contributed by atoms with van der Waals surface area (Å²) < 4.78 is 54.2. The highest BCUT2D eigenvalue weighted by Gasteiger charge is 2.49. The molecule has 8 heteroatoms. The molecular weight excluding hydrogens is 388 g/mol. The SMILES string of the molecule is O=C1C[C@@H]2CS(=O)(=O)C[C@@H]2N1c1ccc(OC(F)F)c(Cc2ccccc2)c1. The van der Waals surface area contributed by atoms with E-state index in [1.807, 2.05) is 30.3 Å². The van der Waals surface area contributed by atoms with Crippen molar-refractivity contribution in [2.45, 2.75) is 25.5 Å². The standard InChI is InChI=1S/C20H19F2NO4S/c21-20(22)27-18-7-6-16(9-14(18)8-13-4-2-1-3-5-13)23-17-12-28(25,26)11-15(17)10-19(23)24/h1-7,9,15,17,20H,8,10-12H2/t15-,17+/m1/s1. The molecule has 0 N–H and O–H groups in total. The lowest BCUT2D eigenvalue weighted by Gasteiger charge is -2.24. The highest BCUT2D eigenvalue weighted by Crippen LogP contribution is 2.39. The third-order valence-corrected chi connectivity index (χ3v) is 7.04. The van der Waals surface area contributed by atoms with Crippen LogP contribution in [-0.2, 0) is 21.1 Å². The number of ether oxygens (including phenoxy) is 1. The minimum absolute atomic E-state index is 0.0172. The number of carbonyl (C=O) groups excluding carboxylic acids is 1. The number of hydrogen-bond donors (Lipinski definition) is 0. The minimum atomic E-state index is -3.17. The van der Waals surface area contributed by atoms with Crippen molar-refractivity contribution in [3.8, 4) is 5.75 Å². The van der Waals surface area contributed by atoms with Crippen molar-refractivity contribution in [1.82, 2.24) is 0 Å². The normalized spacial score (nSPS) is 23.2. The molecule has 2 atom stereocenters. The topological polar surface area (TPSA) is 63.7 Å². The van der Waals surface area contributed by atoms with E-state index in [9.17, 15) is 22.0 Å². The molecule has 28 heavy (non-hydrogen) atoms. The number of carbonyl (C=O) groups is 1. The van der Waals surface area contributed by atoms with Gasteiger partial charge in [-0.15, -0.1) is 0 Å². The van der Waals surface area contributed by atoms with Gasteiger partial charge in [-0.1, -0.05) is 30.3 Å². The van der Waals surface area contributed by atoms with E-state index in [0.717, 1.165) is 5.56 Å². The van der Waals surface area contributed by atoms with Gasteiger partial charge in [-0.2, -0.15) is 8.78 Å². The van der Waals surface area contributed by atoms with Gasteiger partial charge in [-0.25, -0.2) is 8.42 Å². The first-order valence-electron chi connectivity index (χ1n) is 8.96. The van der Waals surface area contributed by atoms with Gasteiger partial charge in [-0.3, -0.25) is 4.79 Å². The zero-order valence-electron chi connectivity index (χ0n) is 14.9. The maximum atomic E-state index is 12.8. The number of rotatable bonds is 5. The Morgan fingerprint density at radius 3 is 2.57 bits per heavy atom. The van der Waals surface area contributed by atoms with Crippen LogP contribution in [0.5, 0.6) is 5.75 Å². The van der Waals surface area contributed by atoms with Crippen molar-refractivity contribution in [2.24, 2.45) is 5.92 Å². The van der Waals surface area contributed by atoms with E-state index >= 15 is 0 Å². The number of anilines is 1. The molecule has 4 rings (SSSR count). The first-order chi connectivity index (χ1) is 13.3. The van der Waals surface area contributed by atoms with Gasteiger partial charge in [0.05, 0.1) is 17.5 Å². The first kappa shape index (κ1) is 18.9. The van der Waals surface area contributed by atoms with E-state index in [1.54, 1.807) is 6.07 Å². The second kappa shape index (κ2) is 7.16. The molecule has 5 nitrogen and oxygen atoms in total. The number of halogens is 2. The van der Waals surface area contributed by atoms with Crippen LogP contribution in [0.25, 0.3) is 0 Å². The van der Waals surface area contributed by atoms with E-state index in [2.05, 4.69) is 4.74 Å². The summed E-state index contributed by atoms with van der Waals surface area (Å²) >= 11 is 0. The van der Waals surface area contributed by atoms with Gasteiger partial charge < -0.3 is 9.64 Å². The highest BCUT2D eigenvalue weighted by atomic mass is 32.2. The average molecular weight is 407 g/mol. The average Bonchev–Trinajstić information content (AvgIpc) is 3.07. The van der Waals surface area contributed by atoms with E-state index in [1.165, 1.54) is 17.0 Å². The summed E-state index contributed by atoms with van der Waals surface area (Å²) in [6.45, 7) is -2.96. The molecule has 2 aliphatic heterocycles. The summed E-state index contributed by atoms with van der Waals surface area (Å²) in [6, 6.07) is 13.5. The van der Waals surface area contributed by atoms with E-state index < -0.39 is 22.5 Å². The molecule has 0 aromatic heterocycles. The predicted molar refractivity (Wildman–Crippen MR) is 100 cm³/mol. The van der Waals surface area contributed by atoms with E-state index in [4.69, 9.17) is 0 Å². The van der Waals surface area contributed by atoms with Gasteiger partial charge in [0.1, 0.15) is 5.75 Å². The number of hydrogen-bond acceptors (Lipinski definition) is 4. The zero-order chi connectivity index (χ0) is 19.9. The molecule has 2 fully saturated rings. The molecule has 0 aliphatic carbocycles. The summed E-state index contributed by atoms with van der Waals surface area (Å²) in [5.74, 6) is -0.356. The Morgan fingerprint density at radius 2 is 1.86 bits per heavy atom. The van der Waals surface area contributed by atoms with Gasteiger partial charge in [0, 0.05) is 30.0 Å². The second-order valence-corrected chi connectivity index (χ2v) is 9.36. The Balaban J connectivity index is 1.70. The maximum absolute atomic E-state index is 12.8. The largest absolute Gasteiger partial charge is 0.435 e. The van der Waals surface area contributed by atoms with E-state index in [-0.39, 0.29) is 35.5 Å². The van der Waals surface area contributed by atoms with Gasteiger partial charge in [-0.05, 0) is 23.8 Å². The number of benzene rings is 2. The second-order valence-electron chi connectivity index (χ2n) is 7.21. The number of alkyl halides is 2. The Bertz CT molecular complexity index is 995. The molecule has 148 valence electrons. The van der Waals surface area contributed by atoms with Crippen LogP contribution in [-0.4, -0.2) is 38.5 Å². The van der Waals surface area contributed by atoms with Crippen molar-refractivity contribution in [3.05, 3.63) is 59.7 Å². The number of nitrogens with zero attached hydrogens (tertiary/aromatic N) is 1. The third-order valence-electron chi connectivity index (χ3n) is 5.25. The van der Waals surface area contributed by atoms with Crippen molar-refractivity contribution >= 4 is 21.4 Å². The maximum Gasteiger partial charge on any atom is 0.387 e. The van der Waals surface area contributed by atoms with Crippen molar-refractivity contribution in [1.29, 1.82) is 0 Å². The third kappa shape index (κ3) is 3.73. The van der Waals surface area contributed by atoms with Crippen LogP contribution >= 0.6 is 0 Å². The first-order valence-corrected chi connectivity index (χ1v) is 10.8. The quantitative estimate of drug-likeness (QED) is 0.764. The molecule has 2 heterocycles. The van der Waals surface area contributed by atoms with Crippen LogP contribution < -0.4 is 9.64 Å². The van der Waals surface area contributed by atoms with Crippen LogP contribution in [0.15, 0.2) is 48.5 Å². The summed E-state index contributed by atoms with van der Waals surface area (Å²) in [6.07, 6.45) is 0.540. The smallest absolute Gasteiger partial charge is 0.387 e. The molecule has 2 saturated heterocycles. The number of sulfone groups is 1. The lowest BCUT2D eigenvalue weighted by molar-refractivity contribution is -0.117. The molecular formula is C20H19F2NO4S. The molecule has 1 amide bonds. The van der Waals surface area contributed by atoms with E-state index in [0.29, 0.717) is 17.7 Å². The fraction of sp³-hybridized carbons (Fsp3) is 0.350. The van der Waals surface area contributed by atoms with Crippen LogP contribution in [0.3, 0.4) is 0 Å². The van der Waals surface area contributed by atoms with Crippen LogP contribution in [0.2, 0.25) is 0 Å². The van der Waals surface area contributed by atoms with Crippen LogP contribution in [0.4, 0.5) is 14.5 Å². The summed E-state index contributed by atoms with van der Waals surface area (Å²) in [5, 5.41) is 0. The molecule has 0 unspecified atom stereocenters. The lowest BCUT2D eigenvalue weighted by Crippen LogP contribution is -2.36. The highest BCUT2D eigenvalue weighted by molar-refractivity contribution is 7.91. The van der Waals surface area contributed by atoms with Gasteiger partial charge in [0.25, 0.3) is 0 Å². The minimum Gasteiger partial charge on any atom is -0.435 e. The van der Waals surface area contributed by atoms with Crippen LogP contribution in [0.1, 0.15) is 17.5 Å². The number of amides is 1. The molecule has 0 spiro atoms. The Hall–Kier alpha value is -2.48. The van der Waals surface area contributed by atoms with Gasteiger partial charge in [0.2, 0.25) is 5.91 Å². The Morgan fingerprint density at radius 1 is 1.11 bits per heavy atom. The summed E-state index contributed by atoms with van der Waals surface area (Å²) in [7, 11) is -3.17. The predicted octanol–water partition coefficient (Wildman–Crippen LogP) is 3.03. The molecule has 2 aliphatic rings. The van der Waals surface area contributed by atoms with Gasteiger partial charge >= 0.3 is 6.61 Å². The monoisotopic (exact) mass is 407 g/mol. The van der Waals surface area contributed by atoms with Crippen molar-refractivity contribution < 1.29 is 26.7 Å². The summed E-state index contributed by atoms with van der Waals surface area (Å²) in [4.78, 5) is 14.0. The van der Waals surface area contributed by atoms with Gasteiger partial charge in [0.15, 0.2) is 9.84 Å². The lowest BCUT2D eigenvalue weighted by atomic mass is 10.0. The molecule has 0 bridgehead atoms. The van der Waals surface area contributed by atoms with Crippen molar-refractivity contribution in [3.63, 3.8) is 0 Å². The Labute approximate surface area is 161 Å². The summed E-state index contributed by atoms with van der Waals surface area (Å²) in [5.41, 5.74) is 1.94. The molecule has 0 radical (unpaired) electrons. The molecule has 0 saturated carbocycles. The molecule has 2 aromatic carbocycles. The molecule has 2 aromatic rings. The number of fused-ring (bicyclic) bond motifs is 1.